The fraction of sp³-hybridized carbons (Fsp3) is 0.364. The normalized spacial score (nSPS) is 23.7. The highest BCUT2D eigenvalue weighted by Gasteiger charge is 2.37. The second kappa shape index (κ2) is 3.95. The smallest absolute Gasteiger partial charge is 0.326 e. The molecule has 2 atom stereocenters. The molecule has 2 aromatic rings. The number of β-amino-alcohol motifs (C(OH)–C–C–N with tert-alkyl or cyclic N) is 1. The Morgan fingerprint density at radius 3 is 3.06 bits per heavy atom. The molecule has 7 nitrogen and oxygen atoms in total. The van der Waals surface area contributed by atoms with Crippen molar-refractivity contribution < 1.29 is 15.0 Å². The first-order chi connectivity index (χ1) is 8.66. The van der Waals surface area contributed by atoms with Crippen LogP contribution in [0.25, 0.3) is 5.52 Å². The van der Waals surface area contributed by atoms with E-state index in [2.05, 4.69) is 10.1 Å². The lowest BCUT2D eigenvalue weighted by Gasteiger charge is -2.22. The van der Waals surface area contributed by atoms with E-state index in [1.54, 1.807) is 34.1 Å². The lowest BCUT2D eigenvalue weighted by molar-refractivity contribution is -0.138. The van der Waals surface area contributed by atoms with Crippen molar-refractivity contribution >= 4 is 17.3 Å². The maximum absolute atomic E-state index is 11.2. The molecule has 94 valence electrons. The predicted octanol–water partition coefficient (Wildman–Crippen LogP) is -0.247. The molecule has 1 fully saturated rings. The molecule has 3 rings (SSSR count). The number of aliphatic hydroxyl groups is 1. The fourth-order valence-corrected chi connectivity index (χ4v) is 2.35. The van der Waals surface area contributed by atoms with Crippen LogP contribution in [0.4, 0.5) is 5.82 Å². The first-order valence-corrected chi connectivity index (χ1v) is 5.62. The topological polar surface area (TPSA) is 91.0 Å². The molecule has 1 aliphatic heterocycles. The minimum absolute atomic E-state index is 0.214. The van der Waals surface area contributed by atoms with E-state index in [-0.39, 0.29) is 13.0 Å². The molecule has 0 aliphatic carbocycles. The van der Waals surface area contributed by atoms with Crippen molar-refractivity contribution in [1.82, 2.24) is 14.6 Å². The highest BCUT2D eigenvalue weighted by Crippen LogP contribution is 2.27. The van der Waals surface area contributed by atoms with Crippen molar-refractivity contribution in [3.05, 3.63) is 24.7 Å². The highest BCUT2D eigenvalue weighted by molar-refractivity contribution is 5.81. The van der Waals surface area contributed by atoms with E-state index >= 15 is 0 Å². The highest BCUT2D eigenvalue weighted by atomic mass is 16.4. The summed E-state index contributed by atoms with van der Waals surface area (Å²) in [5, 5.41) is 22.9. The second-order valence-electron chi connectivity index (χ2n) is 4.31. The Labute approximate surface area is 102 Å². The molecule has 1 saturated heterocycles. The molecule has 0 radical (unpaired) electrons. The third-order valence-corrected chi connectivity index (χ3v) is 3.14. The van der Waals surface area contributed by atoms with E-state index in [4.69, 9.17) is 0 Å². The van der Waals surface area contributed by atoms with Crippen LogP contribution < -0.4 is 4.90 Å². The summed E-state index contributed by atoms with van der Waals surface area (Å²) in [6.07, 6.45) is 4.46. The van der Waals surface area contributed by atoms with Crippen LogP contribution in [0.5, 0.6) is 0 Å². The van der Waals surface area contributed by atoms with Gasteiger partial charge >= 0.3 is 5.97 Å². The number of carboxylic acids is 1. The van der Waals surface area contributed by atoms with Crippen LogP contribution in [0.1, 0.15) is 6.42 Å². The molecule has 2 aromatic heterocycles. The summed E-state index contributed by atoms with van der Waals surface area (Å²) in [4.78, 5) is 17.0. The molecule has 2 N–H and O–H groups in total. The number of carboxylic acid groups (broad SMARTS) is 1. The van der Waals surface area contributed by atoms with E-state index in [1.165, 1.54) is 0 Å². The fourth-order valence-electron chi connectivity index (χ4n) is 2.35. The molecule has 7 heteroatoms. The summed E-state index contributed by atoms with van der Waals surface area (Å²) in [6.45, 7) is 0.273. The molecule has 0 aromatic carbocycles. The molecule has 0 amide bonds. The number of anilines is 1. The van der Waals surface area contributed by atoms with Gasteiger partial charge in [0.05, 0.1) is 12.3 Å². The molecule has 2 unspecified atom stereocenters. The minimum atomic E-state index is -0.949. The van der Waals surface area contributed by atoms with Gasteiger partial charge in [0.1, 0.15) is 11.6 Å². The van der Waals surface area contributed by atoms with Gasteiger partial charge in [0.2, 0.25) is 0 Å². The van der Waals surface area contributed by atoms with Crippen LogP contribution in [-0.2, 0) is 4.79 Å². The van der Waals surface area contributed by atoms with Gasteiger partial charge in [-0.15, -0.1) is 0 Å². The minimum Gasteiger partial charge on any atom is -0.480 e. The summed E-state index contributed by atoms with van der Waals surface area (Å²) in [7, 11) is 0. The van der Waals surface area contributed by atoms with Gasteiger partial charge in [-0.3, -0.25) is 0 Å². The van der Waals surface area contributed by atoms with Crippen molar-refractivity contribution in [2.45, 2.75) is 18.6 Å². The molecular formula is C11H12N4O3. The van der Waals surface area contributed by atoms with Gasteiger partial charge in [0.15, 0.2) is 5.82 Å². The van der Waals surface area contributed by atoms with Gasteiger partial charge in [-0.25, -0.2) is 14.3 Å². The number of hydrogen-bond donors (Lipinski definition) is 2. The maximum atomic E-state index is 11.2. The number of nitrogens with zero attached hydrogens (tertiary/aromatic N) is 4. The van der Waals surface area contributed by atoms with Gasteiger partial charge < -0.3 is 15.1 Å². The Kier molecular flexibility index (Phi) is 2.41. The number of hydrogen-bond acceptors (Lipinski definition) is 5. The summed E-state index contributed by atoms with van der Waals surface area (Å²) in [5.74, 6) is -0.409. The monoisotopic (exact) mass is 248 g/mol. The molecule has 3 heterocycles. The number of aromatic nitrogens is 3. The molecule has 18 heavy (non-hydrogen) atoms. The Morgan fingerprint density at radius 2 is 2.28 bits per heavy atom. The third kappa shape index (κ3) is 1.60. The Morgan fingerprint density at radius 1 is 1.44 bits per heavy atom. The van der Waals surface area contributed by atoms with E-state index in [1.807, 2.05) is 0 Å². The summed E-state index contributed by atoms with van der Waals surface area (Å²) in [6, 6.07) is 1.03. The van der Waals surface area contributed by atoms with Crippen molar-refractivity contribution in [2.24, 2.45) is 0 Å². The zero-order valence-corrected chi connectivity index (χ0v) is 9.47. The van der Waals surface area contributed by atoms with Gasteiger partial charge in [-0.05, 0) is 6.07 Å². The van der Waals surface area contributed by atoms with Crippen LogP contribution in [0.2, 0.25) is 0 Å². The quantitative estimate of drug-likeness (QED) is 0.761. The number of rotatable bonds is 2. The number of carbonyl (C=O) groups is 1. The second-order valence-corrected chi connectivity index (χ2v) is 4.31. The average Bonchev–Trinajstić information content (AvgIpc) is 2.94. The zero-order chi connectivity index (χ0) is 12.7. The Balaban J connectivity index is 2.08. The van der Waals surface area contributed by atoms with Crippen LogP contribution in [0, 0.1) is 0 Å². The van der Waals surface area contributed by atoms with Gasteiger partial charge in [0, 0.05) is 25.4 Å². The lowest BCUT2D eigenvalue weighted by atomic mass is 10.2. The maximum Gasteiger partial charge on any atom is 0.326 e. The largest absolute Gasteiger partial charge is 0.480 e. The van der Waals surface area contributed by atoms with E-state index in [9.17, 15) is 15.0 Å². The summed E-state index contributed by atoms with van der Waals surface area (Å²) in [5.41, 5.74) is 0.734. The van der Waals surface area contributed by atoms with Crippen LogP contribution >= 0.6 is 0 Å². The Bertz CT molecular complexity index is 597. The summed E-state index contributed by atoms with van der Waals surface area (Å²) < 4.78 is 1.63. The third-order valence-electron chi connectivity index (χ3n) is 3.14. The SMILES string of the molecule is O=C(O)C1CC(O)CN1c1nccn2nccc12. The van der Waals surface area contributed by atoms with Crippen molar-refractivity contribution in [1.29, 1.82) is 0 Å². The summed E-state index contributed by atoms with van der Waals surface area (Å²) >= 11 is 0. The first kappa shape index (κ1) is 11.0. The number of fused-ring (bicyclic) bond motifs is 1. The van der Waals surface area contributed by atoms with Crippen molar-refractivity contribution in [3.8, 4) is 0 Å². The molecule has 0 saturated carbocycles. The molecule has 1 aliphatic rings. The molecular weight excluding hydrogens is 236 g/mol. The standard InChI is InChI=1S/C11H12N4O3/c16-7-5-9(11(17)18)14(6-7)10-8-1-2-13-15(8)4-3-12-10/h1-4,7,9,16H,5-6H2,(H,17,18). The van der Waals surface area contributed by atoms with Crippen LogP contribution in [0.3, 0.4) is 0 Å². The van der Waals surface area contributed by atoms with Gasteiger partial charge in [-0.1, -0.05) is 0 Å². The molecule has 0 spiro atoms. The van der Waals surface area contributed by atoms with Crippen LogP contribution in [0.15, 0.2) is 24.7 Å². The molecule has 0 bridgehead atoms. The Hall–Kier alpha value is -2.15. The van der Waals surface area contributed by atoms with Gasteiger partial charge in [-0.2, -0.15) is 5.10 Å². The van der Waals surface area contributed by atoms with E-state index in [0.717, 1.165) is 5.52 Å². The lowest BCUT2D eigenvalue weighted by Crippen LogP contribution is -2.36. The van der Waals surface area contributed by atoms with Crippen LogP contribution in [-0.4, -0.2) is 49.5 Å². The van der Waals surface area contributed by atoms with Gasteiger partial charge in [0.25, 0.3) is 0 Å². The first-order valence-electron chi connectivity index (χ1n) is 5.62. The van der Waals surface area contributed by atoms with Crippen molar-refractivity contribution in [3.63, 3.8) is 0 Å². The van der Waals surface area contributed by atoms with Crippen molar-refractivity contribution in [2.75, 3.05) is 11.4 Å². The van der Waals surface area contributed by atoms with E-state index < -0.39 is 18.1 Å². The number of aliphatic carboxylic acids is 1. The predicted molar refractivity (Wildman–Crippen MR) is 62.4 cm³/mol. The zero-order valence-electron chi connectivity index (χ0n) is 9.47. The number of aliphatic hydroxyl groups excluding tert-OH is 1. The average molecular weight is 248 g/mol. The van der Waals surface area contributed by atoms with E-state index in [0.29, 0.717) is 5.82 Å².